The molecular weight excluding hydrogens is 288 g/mol. The molecule has 1 aliphatic rings. The number of hydrogen-bond acceptors (Lipinski definition) is 6. The Bertz CT molecular complexity index is 616. The highest BCUT2D eigenvalue weighted by Gasteiger charge is 2.21. The summed E-state index contributed by atoms with van der Waals surface area (Å²) in [6, 6.07) is 0. The number of aryl methyl sites for hydroxylation is 1. The Hall–Kier alpha value is -1.76. The lowest BCUT2D eigenvalue weighted by Crippen LogP contribution is -2.31. The molecule has 112 valence electrons. The summed E-state index contributed by atoms with van der Waals surface area (Å²) in [6.45, 7) is 2.20. The highest BCUT2D eigenvalue weighted by Crippen LogP contribution is 2.26. The van der Waals surface area contributed by atoms with Gasteiger partial charge in [0, 0.05) is 5.92 Å². The van der Waals surface area contributed by atoms with E-state index in [9.17, 15) is 4.79 Å². The molecule has 0 spiro atoms. The number of hydrogen-bond donors (Lipinski definition) is 1. The van der Waals surface area contributed by atoms with Crippen LogP contribution in [0.2, 0.25) is 0 Å². The second-order valence-electron chi connectivity index (χ2n) is 5.32. The second kappa shape index (κ2) is 6.34. The normalized spacial score (nSPS) is 16.0. The highest BCUT2D eigenvalue weighted by molar-refractivity contribution is 7.13. The van der Waals surface area contributed by atoms with Gasteiger partial charge in [-0.3, -0.25) is 4.79 Å². The van der Waals surface area contributed by atoms with Gasteiger partial charge in [0.05, 0.1) is 17.7 Å². The van der Waals surface area contributed by atoms with E-state index in [4.69, 9.17) is 4.42 Å². The lowest BCUT2D eigenvalue weighted by Gasteiger charge is -2.20. The Kier molecular flexibility index (Phi) is 4.28. The summed E-state index contributed by atoms with van der Waals surface area (Å²) in [6.07, 6.45) is 5.51. The lowest BCUT2D eigenvalue weighted by molar-refractivity contribution is -0.126. The summed E-state index contributed by atoms with van der Waals surface area (Å²) in [5.74, 6) is 1.15. The largest absolute Gasteiger partial charge is 0.418 e. The first-order valence-electron chi connectivity index (χ1n) is 7.24. The van der Waals surface area contributed by atoms with Crippen molar-refractivity contribution in [2.45, 2.75) is 45.6 Å². The SMILES string of the molecule is Cc1ncsc1-c1nnc(CNC(=O)C2CCCCC2)o1. The molecule has 6 nitrogen and oxygen atoms in total. The maximum Gasteiger partial charge on any atom is 0.259 e. The Morgan fingerprint density at radius 3 is 2.90 bits per heavy atom. The fourth-order valence-corrected chi connectivity index (χ4v) is 3.32. The maximum atomic E-state index is 12.1. The minimum atomic E-state index is 0.100. The van der Waals surface area contributed by atoms with Gasteiger partial charge in [-0.15, -0.1) is 21.5 Å². The fourth-order valence-electron chi connectivity index (χ4n) is 2.60. The van der Waals surface area contributed by atoms with E-state index in [2.05, 4.69) is 20.5 Å². The quantitative estimate of drug-likeness (QED) is 0.939. The van der Waals surface area contributed by atoms with E-state index >= 15 is 0 Å². The van der Waals surface area contributed by atoms with Gasteiger partial charge in [-0.25, -0.2) is 4.98 Å². The van der Waals surface area contributed by atoms with Crippen LogP contribution < -0.4 is 5.32 Å². The summed E-state index contributed by atoms with van der Waals surface area (Å²) in [5.41, 5.74) is 2.63. The molecule has 21 heavy (non-hydrogen) atoms. The molecular formula is C14H18N4O2S. The first-order chi connectivity index (χ1) is 10.2. The number of thiazole rings is 1. The fraction of sp³-hybridized carbons (Fsp3) is 0.571. The predicted molar refractivity (Wildman–Crippen MR) is 78.6 cm³/mol. The van der Waals surface area contributed by atoms with E-state index in [-0.39, 0.29) is 11.8 Å². The number of aromatic nitrogens is 3. The number of nitrogens with one attached hydrogen (secondary N) is 1. The molecule has 0 aliphatic heterocycles. The molecule has 0 radical (unpaired) electrons. The average Bonchev–Trinajstić information content (AvgIpc) is 3.14. The third-order valence-electron chi connectivity index (χ3n) is 3.80. The third kappa shape index (κ3) is 3.29. The van der Waals surface area contributed by atoms with Crippen molar-refractivity contribution in [3.05, 3.63) is 17.1 Å². The number of amides is 1. The first-order valence-corrected chi connectivity index (χ1v) is 8.12. The lowest BCUT2D eigenvalue weighted by atomic mass is 9.89. The number of carbonyl (C=O) groups excluding carboxylic acids is 1. The molecule has 0 bridgehead atoms. The van der Waals surface area contributed by atoms with E-state index in [1.54, 1.807) is 5.51 Å². The molecule has 1 fully saturated rings. The molecule has 2 aromatic heterocycles. The molecule has 2 aromatic rings. The smallest absolute Gasteiger partial charge is 0.259 e. The number of carbonyl (C=O) groups is 1. The minimum absolute atomic E-state index is 0.100. The van der Waals surface area contributed by atoms with Crippen LogP contribution >= 0.6 is 11.3 Å². The van der Waals surface area contributed by atoms with Gasteiger partial charge in [-0.1, -0.05) is 19.3 Å². The van der Waals surface area contributed by atoms with Crippen LogP contribution in [-0.4, -0.2) is 21.1 Å². The van der Waals surface area contributed by atoms with Gasteiger partial charge in [0.25, 0.3) is 5.89 Å². The van der Waals surface area contributed by atoms with Gasteiger partial charge in [0.2, 0.25) is 11.8 Å². The van der Waals surface area contributed by atoms with E-state index < -0.39 is 0 Å². The topological polar surface area (TPSA) is 80.9 Å². The van der Waals surface area contributed by atoms with E-state index in [0.717, 1.165) is 36.3 Å². The van der Waals surface area contributed by atoms with Crippen LogP contribution in [0, 0.1) is 12.8 Å². The first kappa shape index (κ1) is 14.2. The van der Waals surface area contributed by atoms with Gasteiger partial charge < -0.3 is 9.73 Å². The van der Waals surface area contributed by atoms with Crippen molar-refractivity contribution in [1.29, 1.82) is 0 Å². The summed E-state index contributed by atoms with van der Waals surface area (Å²) in [7, 11) is 0. The molecule has 2 heterocycles. The molecule has 0 atom stereocenters. The standard InChI is InChI=1S/C14H18N4O2S/c1-9-12(21-8-16-9)14-18-17-11(20-14)7-15-13(19)10-5-3-2-4-6-10/h8,10H,2-7H2,1H3,(H,15,19). The molecule has 1 amide bonds. The zero-order valence-electron chi connectivity index (χ0n) is 12.0. The van der Waals surface area contributed by atoms with Crippen molar-refractivity contribution < 1.29 is 9.21 Å². The van der Waals surface area contributed by atoms with Gasteiger partial charge in [-0.2, -0.15) is 0 Å². The zero-order valence-corrected chi connectivity index (χ0v) is 12.8. The monoisotopic (exact) mass is 306 g/mol. The summed E-state index contributed by atoms with van der Waals surface area (Å²) < 4.78 is 5.58. The minimum Gasteiger partial charge on any atom is -0.418 e. The third-order valence-corrected chi connectivity index (χ3v) is 4.71. The molecule has 1 aliphatic carbocycles. The van der Waals surface area contributed by atoms with Crippen molar-refractivity contribution in [1.82, 2.24) is 20.5 Å². The van der Waals surface area contributed by atoms with Gasteiger partial charge in [-0.05, 0) is 19.8 Å². The summed E-state index contributed by atoms with van der Waals surface area (Å²) in [4.78, 5) is 17.1. The van der Waals surface area contributed by atoms with E-state index in [1.807, 2.05) is 6.92 Å². The van der Waals surface area contributed by atoms with Gasteiger partial charge in [0.1, 0.15) is 4.88 Å². The van der Waals surface area contributed by atoms with Crippen LogP contribution in [-0.2, 0) is 11.3 Å². The van der Waals surface area contributed by atoms with Crippen molar-refractivity contribution in [3.63, 3.8) is 0 Å². The van der Waals surface area contributed by atoms with Crippen LogP contribution in [0.4, 0.5) is 0 Å². The van der Waals surface area contributed by atoms with Crippen LogP contribution in [0.3, 0.4) is 0 Å². The summed E-state index contributed by atoms with van der Waals surface area (Å²) >= 11 is 1.47. The molecule has 0 saturated heterocycles. The van der Waals surface area contributed by atoms with Crippen molar-refractivity contribution in [3.8, 4) is 10.8 Å². The van der Waals surface area contributed by atoms with E-state index in [0.29, 0.717) is 18.3 Å². The molecule has 1 N–H and O–H groups in total. The average molecular weight is 306 g/mol. The zero-order chi connectivity index (χ0) is 14.7. The highest BCUT2D eigenvalue weighted by atomic mass is 32.1. The number of nitrogens with zero attached hydrogens (tertiary/aromatic N) is 3. The van der Waals surface area contributed by atoms with E-state index in [1.165, 1.54) is 17.8 Å². The molecule has 7 heteroatoms. The summed E-state index contributed by atoms with van der Waals surface area (Å²) in [5, 5.41) is 10.9. The Labute approximate surface area is 127 Å². The Balaban J connectivity index is 1.57. The number of rotatable bonds is 4. The Morgan fingerprint density at radius 2 is 2.19 bits per heavy atom. The Morgan fingerprint density at radius 1 is 1.38 bits per heavy atom. The van der Waals surface area contributed by atoms with Gasteiger partial charge in [0.15, 0.2) is 0 Å². The van der Waals surface area contributed by atoms with Gasteiger partial charge >= 0.3 is 0 Å². The van der Waals surface area contributed by atoms with Crippen molar-refractivity contribution in [2.75, 3.05) is 0 Å². The van der Waals surface area contributed by atoms with Crippen LogP contribution in [0.5, 0.6) is 0 Å². The van der Waals surface area contributed by atoms with Crippen LogP contribution in [0.25, 0.3) is 10.8 Å². The molecule has 1 saturated carbocycles. The molecule has 0 unspecified atom stereocenters. The predicted octanol–water partition coefficient (Wildman–Crippen LogP) is 2.70. The molecule has 3 rings (SSSR count). The maximum absolute atomic E-state index is 12.1. The second-order valence-corrected chi connectivity index (χ2v) is 6.18. The van der Waals surface area contributed by atoms with Crippen LogP contribution in [0.1, 0.15) is 43.7 Å². The molecule has 0 aromatic carbocycles. The van der Waals surface area contributed by atoms with Crippen molar-refractivity contribution in [2.24, 2.45) is 5.92 Å². The van der Waals surface area contributed by atoms with Crippen LogP contribution in [0.15, 0.2) is 9.93 Å². The van der Waals surface area contributed by atoms with Crippen molar-refractivity contribution >= 4 is 17.2 Å².